The zero-order chi connectivity index (χ0) is 8.91. The second kappa shape index (κ2) is 4.57. The highest BCUT2D eigenvalue weighted by molar-refractivity contribution is 6.71. The Bertz CT molecular complexity index is 137. The molecular formula is C8H18O2Si. The largest absolute Gasteiger partial charge is 0.502 e. The molecule has 0 radical (unpaired) electrons. The van der Waals surface area contributed by atoms with Crippen LogP contribution >= 0.6 is 0 Å². The molecule has 0 heterocycles. The van der Waals surface area contributed by atoms with Crippen LogP contribution < -0.4 is 0 Å². The maximum atomic E-state index is 5.33. The highest BCUT2D eigenvalue weighted by Crippen LogP contribution is 2.03. The van der Waals surface area contributed by atoms with Gasteiger partial charge in [0.15, 0.2) is 0 Å². The number of allylic oxidation sites excluding steroid dienone is 1. The van der Waals surface area contributed by atoms with Crippen LogP contribution in [0.3, 0.4) is 0 Å². The molecule has 0 aromatic rings. The highest BCUT2D eigenvalue weighted by atomic mass is 28.4. The quantitative estimate of drug-likeness (QED) is 0.481. The summed E-state index contributed by atoms with van der Waals surface area (Å²) in [6.45, 7) is 8.29. The molecule has 0 aliphatic rings. The minimum atomic E-state index is -1.51. The fraction of sp³-hybridized carbons (Fsp3) is 0.750. The third kappa shape index (κ3) is 6.13. The molecule has 0 saturated carbocycles. The predicted molar refractivity (Wildman–Crippen MR) is 49.9 cm³/mol. The second-order valence-corrected chi connectivity index (χ2v) is 7.69. The van der Waals surface area contributed by atoms with Crippen molar-refractivity contribution in [3.05, 3.63) is 11.8 Å². The van der Waals surface area contributed by atoms with Gasteiger partial charge in [-0.25, -0.2) is 0 Å². The predicted octanol–water partition coefficient (Wildman–Crippen LogP) is 2.32. The van der Waals surface area contributed by atoms with E-state index in [-0.39, 0.29) is 0 Å². The van der Waals surface area contributed by atoms with Crippen LogP contribution in [0.5, 0.6) is 0 Å². The van der Waals surface area contributed by atoms with Crippen molar-refractivity contribution in [2.45, 2.75) is 26.9 Å². The molecule has 3 heteroatoms. The molecule has 0 atom stereocenters. The summed E-state index contributed by atoms with van der Waals surface area (Å²) in [7, 11) is 0.237. The van der Waals surface area contributed by atoms with E-state index in [1.54, 1.807) is 13.4 Å². The lowest BCUT2D eigenvalue weighted by atomic mass is 10.4. The van der Waals surface area contributed by atoms with Crippen LogP contribution in [0.4, 0.5) is 0 Å². The number of ether oxygens (including phenoxy) is 1. The van der Waals surface area contributed by atoms with Gasteiger partial charge in [-0.2, -0.15) is 0 Å². The first-order valence-electron chi connectivity index (χ1n) is 3.78. The minimum absolute atomic E-state index is 0.731. The van der Waals surface area contributed by atoms with Crippen molar-refractivity contribution in [3.63, 3.8) is 0 Å². The normalized spacial score (nSPS) is 11.0. The fourth-order valence-corrected chi connectivity index (χ4v) is 1.07. The van der Waals surface area contributed by atoms with E-state index in [0.29, 0.717) is 0 Å². The second-order valence-electron chi connectivity index (χ2n) is 3.47. The van der Waals surface area contributed by atoms with Gasteiger partial charge >= 0.3 is 0 Å². The van der Waals surface area contributed by atoms with Gasteiger partial charge in [-0.3, -0.25) is 0 Å². The van der Waals surface area contributed by atoms with Gasteiger partial charge in [0.05, 0.1) is 6.26 Å². The third-order valence-electron chi connectivity index (χ3n) is 1.30. The molecule has 0 aliphatic carbocycles. The van der Waals surface area contributed by atoms with Crippen LogP contribution in [0.25, 0.3) is 0 Å². The Balaban J connectivity index is 3.62. The summed E-state index contributed by atoms with van der Waals surface area (Å²) in [4.78, 5) is 0. The zero-order valence-electron chi connectivity index (χ0n) is 8.10. The van der Waals surface area contributed by atoms with Crippen LogP contribution in [-0.4, -0.2) is 21.7 Å². The lowest BCUT2D eigenvalue weighted by Gasteiger charge is -2.18. The molecule has 0 rings (SSSR count). The lowest BCUT2D eigenvalue weighted by Crippen LogP contribution is -2.34. The van der Waals surface area contributed by atoms with Crippen molar-refractivity contribution in [1.29, 1.82) is 0 Å². The van der Waals surface area contributed by atoms with E-state index in [1.165, 1.54) is 5.57 Å². The summed E-state index contributed by atoms with van der Waals surface area (Å²) < 4.78 is 10.6. The maximum absolute atomic E-state index is 5.33. The van der Waals surface area contributed by atoms with Gasteiger partial charge in [0.25, 0.3) is 0 Å². The molecule has 11 heavy (non-hydrogen) atoms. The Morgan fingerprint density at radius 3 is 2.27 bits per heavy atom. The summed E-state index contributed by atoms with van der Waals surface area (Å²) in [5.74, 6) is 0. The average Bonchev–Trinajstić information content (AvgIpc) is 1.87. The molecule has 0 unspecified atom stereocenters. The van der Waals surface area contributed by atoms with E-state index >= 15 is 0 Å². The molecule has 0 N–H and O–H groups in total. The van der Waals surface area contributed by atoms with E-state index in [0.717, 1.165) is 6.23 Å². The van der Waals surface area contributed by atoms with E-state index in [9.17, 15) is 0 Å². The first kappa shape index (κ1) is 10.7. The summed E-state index contributed by atoms with van der Waals surface area (Å²) in [6, 6.07) is 0. The van der Waals surface area contributed by atoms with Gasteiger partial charge < -0.3 is 9.16 Å². The van der Waals surface area contributed by atoms with E-state index in [2.05, 4.69) is 13.1 Å². The van der Waals surface area contributed by atoms with Crippen molar-refractivity contribution in [3.8, 4) is 0 Å². The molecule has 0 bridgehead atoms. The number of rotatable bonds is 4. The van der Waals surface area contributed by atoms with Gasteiger partial charge in [0, 0.05) is 7.11 Å². The summed E-state index contributed by atoms with van der Waals surface area (Å²) in [5.41, 5.74) is 1.19. The van der Waals surface area contributed by atoms with Crippen LogP contribution in [-0.2, 0) is 9.16 Å². The molecule has 2 nitrogen and oxygen atoms in total. The number of hydrogen-bond acceptors (Lipinski definition) is 2. The summed E-state index contributed by atoms with van der Waals surface area (Å²) in [5, 5.41) is 0. The molecule has 0 aromatic heterocycles. The Labute approximate surface area is 70.3 Å². The van der Waals surface area contributed by atoms with Crippen LogP contribution in [0.2, 0.25) is 13.1 Å². The van der Waals surface area contributed by atoms with Crippen molar-refractivity contribution < 1.29 is 9.16 Å². The lowest BCUT2D eigenvalue weighted by molar-refractivity contribution is 0.267. The molecule has 0 aromatic carbocycles. The fourth-order valence-electron chi connectivity index (χ4n) is 0.468. The molecule has 66 valence electrons. The standard InChI is InChI=1S/C8H18O2Si/c1-8(2)6-10-7-11(4,5)9-3/h6H,7H2,1-5H3. The molecule has 0 aliphatic heterocycles. The van der Waals surface area contributed by atoms with E-state index in [1.807, 2.05) is 13.8 Å². The van der Waals surface area contributed by atoms with Gasteiger partial charge in [0.2, 0.25) is 8.32 Å². The van der Waals surface area contributed by atoms with Crippen LogP contribution in [0, 0.1) is 0 Å². The van der Waals surface area contributed by atoms with Crippen molar-refractivity contribution in [1.82, 2.24) is 0 Å². The summed E-state index contributed by atoms with van der Waals surface area (Å²) in [6.07, 6.45) is 2.52. The minimum Gasteiger partial charge on any atom is -0.502 e. The average molecular weight is 174 g/mol. The topological polar surface area (TPSA) is 18.5 Å². The maximum Gasteiger partial charge on any atom is 0.224 e. The molecule has 0 fully saturated rings. The number of hydrogen-bond donors (Lipinski definition) is 0. The van der Waals surface area contributed by atoms with Gasteiger partial charge in [-0.15, -0.1) is 0 Å². The first-order chi connectivity index (χ1) is 4.98. The van der Waals surface area contributed by atoms with Gasteiger partial charge in [-0.05, 0) is 32.5 Å². The van der Waals surface area contributed by atoms with E-state index < -0.39 is 8.32 Å². The van der Waals surface area contributed by atoms with Gasteiger partial charge in [0.1, 0.15) is 6.23 Å². The highest BCUT2D eigenvalue weighted by Gasteiger charge is 2.20. The van der Waals surface area contributed by atoms with Crippen LogP contribution in [0.1, 0.15) is 13.8 Å². The Kier molecular flexibility index (Phi) is 4.45. The molecule has 0 spiro atoms. The first-order valence-corrected chi connectivity index (χ1v) is 6.89. The SMILES string of the molecule is CO[Si](C)(C)COC=C(C)C. The van der Waals surface area contributed by atoms with Crippen molar-refractivity contribution in [2.24, 2.45) is 0 Å². The van der Waals surface area contributed by atoms with Gasteiger partial charge in [-0.1, -0.05) is 0 Å². The Morgan fingerprint density at radius 1 is 1.36 bits per heavy atom. The molecular weight excluding hydrogens is 156 g/mol. The third-order valence-corrected chi connectivity index (χ3v) is 3.27. The smallest absolute Gasteiger partial charge is 0.224 e. The monoisotopic (exact) mass is 174 g/mol. The zero-order valence-corrected chi connectivity index (χ0v) is 9.10. The Hall–Kier alpha value is -0.283. The molecule has 0 amide bonds. The molecule has 0 saturated heterocycles. The Morgan fingerprint density at radius 2 is 1.91 bits per heavy atom. The van der Waals surface area contributed by atoms with Crippen molar-refractivity contribution in [2.75, 3.05) is 13.3 Å². The van der Waals surface area contributed by atoms with Crippen molar-refractivity contribution >= 4 is 8.32 Å². The van der Waals surface area contributed by atoms with Crippen LogP contribution in [0.15, 0.2) is 11.8 Å². The van der Waals surface area contributed by atoms with E-state index in [4.69, 9.17) is 9.16 Å². The summed E-state index contributed by atoms with van der Waals surface area (Å²) >= 11 is 0.